The molecule has 2 atom stereocenters. The van der Waals surface area contributed by atoms with E-state index < -0.39 is 11.3 Å². The van der Waals surface area contributed by atoms with E-state index >= 15 is 0 Å². The Balaban J connectivity index is 1.76. The highest BCUT2D eigenvalue weighted by Crippen LogP contribution is 2.70. The molecule has 6 heteroatoms. The Labute approximate surface area is 190 Å². The fourth-order valence-corrected chi connectivity index (χ4v) is 6.68. The predicted molar refractivity (Wildman–Crippen MR) is 123 cm³/mol. The van der Waals surface area contributed by atoms with Gasteiger partial charge in [-0.3, -0.25) is 4.90 Å². The van der Waals surface area contributed by atoms with Crippen LogP contribution in [0.15, 0.2) is 36.4 Å². The van der Waals surface area contributed by atoms with E-state index in [0.29, 0.717) is 6.54 Å². The molecule has 2 aromatic carbocycles. The summed E-state index contributed by atoms with van der Waals surface area (Å²) in [4.78, 5) is 30.2. The standard InChI is InChI=1S/C26H34N2O4/c1-23(2,3)26-24(4,5)17-28(22(30)27-14-7-6-8-15-27)25(26,31-32-26)21-11-9-10-18-16-19(29)12-13-20(18)21/h9-13,16,29H,6-8,14-15,17H2,1-5H3/t25-,26-/m0/s1. The molecule has 1 N–H and O–H groups in total. The Morgan fingerprint density at radius 3 is 2.38 bits per heavy atom. The second kappa shape index (κ2) is 6.84. The van der Waals surface area contributed by atoms with Gasteiger partial charge < -0.3 is 10.0 Å². The largest absolute Gasteiger partial charge is 0.508 e. The number of likely N-dealkylation sites (tertiary alicyclic amines) is 2. The van der Waals surface area contributed by atoms with E-state index in [4.69, 9.17) is 9.78 Å². The average Bonchev–Trinajstić information content (AvgIpc) is 2.85. The number of aromatic hydroxyl groups is 1. The molecule has 0 radical (unpaired) electrons. The van der Waals surface area contributed by atoms with E-state index in [0.717, 1.165) is 42.3 Å². The monoisotopic (exact) mass is 438 g/mol. The third-order valence-electron chi connectivity index (χ3n) is 7.79. The molecule has 2 aromatic rings. The van der Waals surface area contributed by atoms with Crippen molar-refractivity contribution in [3.05, 3.63) is 42.0 Å². The van der Waals surface area contributed by atoms with E-state index in [9.17, 15) is 9.90 Å². The van der Waals surface area contributed by atoms with Crippen molar-refractivity contribution in [3.8, 4) is 5.75 Å². The van der Waals surface area contributed by atoms with Crippen molar-refractivity contribution in [2.75, 3.05) is 19.6 Å². The molecule has 0 aromatic heterocycles. The van der Waals surface area contributed by atoms with Gasteiger partial charge in [-0.25, -0.2) is 9.68 Å². The lowest BCUT2D eigenvalue weighted by atomic mass is 9.57. The van der Waals surface area contributed by atoms with Crippen molar-refractivity contribution >= 4 is 16.8 Å². The van der Waals surface area contributed by atoms with Crippen LogP contribution in [-0.4, -0.2) is 46.2 Å². The summed E-state index contributed by atoms with van der Waals surface area (Å²) in [6.45, 7) is 12.9. The first-order valence-electron chi connectivity index (χ1n) is 11.7. The first kappa shape index (κ1) is 21.5. The lowest BCUT2D eigenvalue weighted by Gasteiger charge is -2.63. The Bertz CT molecular complexity index is 1070. The number of phenols is 1. The number of nitrogens with zero attached hydrogens (tertiary/aromatic N) is 2. The lowest BCUT2D eigenvalue weighted by molar-refractivity contribution is -0.603. The van der Waals surface area contributed by atoms with E-state index in [1.165, 1.54) is 6.42 Å². The molecule has 2 amide bonds. The molecule has 0 bridgehead atoms. The number of fused-ring (bicyclic) bond motifs is 2. The van der Waals surface area contributed by atoms with Gasteiger partial charge in [0.2, 0.25) is 5.72 Å². The first-order valence-corrected chi connectivity index (χ1v) is 11.7. The van der Waals surface area contributed by atoms with Crippen LogP contribution in [0.1, 0.15) is 59.4 Å². The van der Waals surface area contributed by atoms with Gasteiger partial charge in [0.15, 0.2) is 5.60 Å². The molecular weight excluding hydrogens is 404 g/mol. The van der Waals surface area contributed by atoms with E-state index in [1.54, 1.807) is 12.1 Å². The first-order chi connectivity index (χ1) is 15.1. The van der Waals surface area contributed by atoms with Crippen LogP contribution in [0.4, 0.5) is 4.79 Å². The molecule has 3 saturated heterocycles. The number of urea groups is 1. The van der Waals surface area contributed by atoms with Gasteiger partial charge in [-0.15, -0.1) is 0 Å². The van der Waals surface area contributed by atoms with Gasteiger partial charge in [-0.2, -0.15) is 4.89 Å². The topological polar surface area (TPSA) is 62.2 Å². The van der Waals surface area contributed by atoms with Crippen molar-refractivity contribution in [1.29, 1.82) is 0 Å². The Morgan fingerprint density at radius 2 is 1.75 bits per heavy atom. The number of benzene rings is 2. The summed E-state index contributed by atoms with van der Waals surface area (Å²) in [6, 6.07) is 11.4. The fourth-order valence-electron chi connectivity index (χ4n) is 6.68. The molecule has 3 heterocycles. The average molecular weight is 439 g/mol. The molecule has 3 aliphatic heterocycles. The normalized spacial score (nSPS) is 29.7. The van der Waals surface area contributed by atoms with Crippen molar-refractivity contribution in [1.82, 2.24) is 9.80 Å². The zero-order chi connectivity index (χ0) is 22.9. The molecule has 3 fully saturated rings. The lowest BCUT2D eigenvalue weighted by Crippen LogP contribution is -2.76. The summed E-state index contributed by atoms with van der Waals surface area (Å²) in [5, 5.41) is 11.9. The number of hydrogen-bond acceptors (Lipinski definition) is 4. The van der Waals surface area contributed by atoms with Gasteiger partial charge >= 0.3 is 6.03 Å². The minimum absolute atomic E-state index is 0.0166. The van der Waals surface area contributed by atoms with E-state index in [-0.39, 0.29) is 22.6 Å². The summed E-state index contributed by atoms with van der Waals surface area (Å²) in [5.41, 5.74) is -1.56. The third-order valence-corrected chi connectivity index (χ3v) is 7.79. The number of piperidine rings is 1. The number of carbonyl (C=O) groups is 1. The molecule has 3 aliphatic rings. The number of phenolic OH excluding ortho intramolecular Hbond substituents is 1. The maximum Gasteiger partial charge on any atom is 0.322 e. The van der Waals surface area contributed by atoms with Crippen LogP contribution in [0.5, 0.6) is 5.75 Å². The van der Waals surface area contributed by atoms with Crippen molar-refractivity contribution in [2.45, 2.75) is 65.2 Å². The van der Waals surface area contributed by atoms with Crippen molar-refractivity contribution in [3.63, 3.8) is 0 Å². The summed E-state index contributed by atoms with van der Waals surface area (Å²) in [6.07, 6.45) is 3.23. The Morgan fingerprint density at radius 1 is 1.03 bits per heavy atom. The molecule has 5 rings (SSSR count). The van der Waals surface area contributed by atoms with Crippen LogP contribution in [0.2, 0.25) is 0 Å². The zero-order valence-corrected chi connectivity index (χ0v) is 19.8. The Kier molecular flexibility index (Phi) is 4.61. The molecule has 6 nitrogen and oxygen atoms in total. The quantitative estimate of drug-likeness (QED) is 0.606. The number of hydrogen-bond donors (Lipinski definition) is 1. The molecule has 0 saturated carbocycles. The van der Waals surface area contributed by atoms with Crippen LogP contribution in [0, 0.1) is 10.8 Å². The van der Waals surface area contributed by atoms with Gasteiger partial charge in [-0.05, 0) is 42.2 Å². The summed E-state index contributed by atoms with van der Waals surface area (Å²) >= 11 is 0. The number of rotatable bonds is 1. The smallest absolute Gasteiger partial charge is 0.322 e. The molecule has 0 unspecified atom stereocenters. The van der Waals surface area contributed by atoms with Crippen LogP contribution in [0.3, 0.4) is 0 Å². The van der Waals surface area contributed by atoms with E-state index in [2.05, 4.69) is 34.6 Å². The predicted octanol–water partition coefficient (Wildman–Crippen LogP) is 5.39. The van der Waals surface area contributed by atoms with Gasteiger partial charge in [0.1, 0.15) is 5.75 Å². The van der Waals surface area contributed by atoms with Gasteiger partial charge in [-0.1, -0.05) is 58.9 Å². The summed E-state index contributed by atoms with van der Waals surface area (Å²) in [7, 11) is 0. The highest BCUT2D eigenvalue weighted by Gasteiger charge is 2.83. The van der Waals surface area contributed by atoms with Crippen LogP contribution >= 0.6 is 0 Å². The second-order valence-electron chi connectivity index (χ2n) is 11.3. The summed E-state index contributed by atoms with van der Waals surface area (Å²) in [5.74, 6) is 0.216. The SMILES string of the molecule is CC(C)(C)[C@@]12OO[C@]1(c1cccc3cc(O)ccc13)N(C(=O)N1CCCCC1)CC2(C)C. The molecule has 0 aliphatic carbocycles. The molecule has 0 spiro atoms. The second-order valence-corrected chi connectivity index (χ2v) is 11.3. The minimum Gasteiger partial charge on any atom is -0.508 e. The Hall–Kier alpha value is -2.31. The third kappa shape index (κ3) is 2.57. The van der Waals surface area contributed by atoms with Gasteiger partial charge in [0, 0.05) is 36.0 Å². The highest BCUT2D eigenvalue weighted by molar-refractivity contribution is 5.89. The molecule has 172 valence electrons. The minimum atomic E-state index is -1.06. The van der Waals surface area contributed by atoms with Crippen molar-refractivity contribution in [2.24, 2.45) is 10.8 Å². The number of amides is 2. The molecule has 32 heavy (non-hydrogen) atoms. The fraction of sp³-hybridized carbons (Fsp3) is 0.577. The summed E-state index contributed by atoms with van der Waals surface area (Å²) < 4.78 is 0. The van der Waals surface area contributed by atoms with Gasteiger partial charge in [0.25, 0.3) is 0 Å². The molecular formula is C26H34N2O4. The van der Waals surface area contributed by atoms with Crippen LogP contribution in [-0.2, 0) is 15.5 Å². The number of carbonyl (C=O) groups excluding carboxylic acids is 1. The maximum absolute atomic E-state index is 14.0. The maximum atomic E-state index is 14.0. The van der Waals surface area contributed by atoms with Crippen LogP contribution < -0.4 is 0 Å². The van der Waals surface area contributed by atoms with E-state index in [1.807, 2.05) is 34.1 Å². The van der Waals surface area contributed by atoms with Gasteiger partial charge in [0.05, 0.1) is 0 Å². The van der Waals surface area contributed by atoms with Crippen LogP contribution in [0.25, 0.3) is 10.8 Å². The highest BCUT2D eigenvalue weighted by atomic mass is 17.3. The zero-order valence-electron chi connectivity index (χ0n) is 19.8. The van der Waals surface area contributed by atoms with Crippen molar-refractivity contribution < 1.29 is 19.7 Å².